The number of allylic oxidation sites excluding steroid dienone is 5. The van der Waals surface area contributed by atoms with Gasteiger partial charge in [0.15, 0.2) is 0 Å². The Balaban J connectivity index is 1.23. The van der Waals surface area contributed by atoms with Gasteiger partial charge in [0.2, 0.25) is 0 Å². The number of carbonyl (C=O) groups excluding carboxylic acids is 1. The minimum atomic E-state index is -2.89. The normalized spacial score (nSPS) is 25.2. The molecule has 5 atom stereocenters. The van der Waals surface area contributed by atoms with Crippen molar-refractivity contribution in [2.45, 2.75) is 77.4 Å². The minimum absolute atomic E-state index is 0.0337. The van der Waals surface area contributed by atoms with Crippen molar-refractivity contribution >= 4 is 17.3 Å². The van der Waals surface area contributed by atoms with Crippen LogP contribution in [0.3, 0.4) is 0 Å². The van der Waals surface area contributed by atoms with Gasteiger partial charge in [-0.15, -0.1) is 0 Å². The largest absolute Gasteiger partial charge is 0.469 e. The van der Waals surface area contributed by atoms with Crippen molar-refractivity contribution in [2.75, 3.05) is 14.2 Å². The average molecular weight is 606 g/mol. The van der Waals surface area contributed by atoms with Crippen LogP contribution < -0.4 is 4.74 Å². The number of aromatic nitrogens is 2. The van der Waals surface area contributed by atoms with E-state index in [1.54, 1.807) is 19.2 Å². The maximum atomic E-state index is 13.1. The number of esters is 1. The Bertz CT molecular complexity index is 1450. The van der Waals surface area contributed by atoms with Gasteiger partial charge in [-0.05, 0) is 67.7 Å². The number of hydrogen-bond donors (Lipinski definition) is 0. The van der Waals surface area contributed by atoms with Crippen molar-refractivity contribution in [3.05, 3.63) is 83.1 Å². The van der Waals surface area contributed by atoms with E-state index in [-0.39, 0.29) is 29.7 Å². The molecular formula is C35H41F2N3O4. The third kappa shape index (κ3) is 6.83. The lowest BCUT2D eigenvalue weighted by Gasteiger charge is -2.21. The molecule has 9 heteroatoms. The number of carbonyl (C=O) groups is 1. The number of rotatable bonds is 12. The summed E-state index contributed by atoms with van der Waals surface area (Å²) in [5.41, 5.74) is 5.43. The van der Waals surface area contributed by atoms with E-state index < -0.39 is 6.61 Å². The van der Waals surface area contributed by atoms with Crippen LogP contribution in [0.1, 0.15) is 75.2 Å². The van der Waals surface area contributed by atoms with Crippen molar-refractivity contribution in [3.8, 4) is 5.75 Å². The van der Waals surface area contributed by atoms with E-state index in [1.165, 1.54) is 7.11 Å². The lowest BCUT2D eigenvalue weighted by atomic mass is 9.85. The van der Waals surface area contributed by atoms with Crippen LogP contribution in [0.5, 0.6) is 5.75 Å². The Morgan fingerprint density at radius 3 is 2.55 bits per heavy atom. The third-order valence-electron chi connectivity index (χ3n) is 9.40. The zero-order chi connectivity index (χ0) is 31.2. The lowest BCUT2D eigenvalue weighted by Crippen LogP contribution is -2.26. The third-order valence-corrected chi connectivity index (χ3v) is 9.40. The maximum Gasteiger partial charge on any atom is 0.387 e. The Labute approximate surface area is 258 Å². The summed E-state index contributed by atoms with van der Waals surface area (Å²) in [7, 11) is 3.13. The highest BCUT2D eigenvalue weighted by atomic mass is 19.3. The first kappa shape index (κ1) is 31.7. The Morgan fingerprint density at radius 2 is 1.86 bits per heavy atom. The van der Waals surface area contributed by atoms with Gasteiger partial charge in [0.05, 0.1) is 24.8 Å². The number of aryl methyl sites for hydroxylation is 1. The molecule has 1 saturated carbocycles. The molecule has 0 N–H and O–H groups in total. The van der Waals surface area contributed by atoms with E-state index in [1.807, 2.05) is 49.7 Å². The molecule has 3 aliphatic rings. The number of benzene rings is 1. The summed E-state index contributed by atoms with van der Waals surface area (Å²) < 4.78 is 41.9. The van der Waals surface area contributed by atoms with E-state index >= 15 is 0 Å². The second-order valence-electron chi connectivity index (χ2n) is 11.7. The fraction of sp³-hybridized carbons (Fsp3) is 0.486. The molecule has 0 saturated heterocycles. The van der Waals surface area contributed by atoms with Crippen molar-refractivity contribution < 1.29 is 27.8 Å². The molecule has 5 rings (SSSR count). The number of ether oxygens (including phenoxy) is 3. The molecule has 2 aromatic rings. The van der Waals surface area contributed by atoms with Crippen LogP contribution in [-0.2, 0) is 20.7 Å². The molecule has 0 amide bonds. The first-order chi connectivity index (χ1) is 21.4. The van der Waals surface area contributed by atoms with Crippen LogP contribution in [0.2, 0.25) is 0 Å². The van der Waals surface area contributed by atoms with Crippen LogP contribution in [0.15, 0.2) is 71.1 Å². The zero-order valence-electron chi connectivity index (χ0n) is 25.8. The zero-order valence-corrected chi connectivity index (χ0v) is 25.8. The molecule has 1 aromatic heterocycles. The van der Waals surface area contributed by atoms with Crippen LogP contribution in [0, 0.1) is 17.8 Å². The highest BCUT2D eigenvalue weighted by molar-refractivity contribution is 6.01. The Kier molecular flexibility index (Phi) is 10.4. The standard InChI is InChI=1S/C35H41F2N3O4/c1-5-21(24-19-38-31(39-20-24)16-14-23-12-11-22(6-2)32(23)34(41)43-4)13-15-25-17-28-27(18-30(42-3)33(28)40-25)26-9-7-8-10-29(26)44-35(36)37/h5,7-10,13,15,19-20,22-23,27,30,32,35H,6,11-12,14,16-18H2,1-4H3/b15-13-,21-5+/t22-,23-,27-,30-,32+/m1/s1. The molecular weight excluding hydrogens is 564 g/mol. The summed E-state index contributed by atoms with van der Waals surface area (Å²) >= 11 is 0. The molecule has 0 radical (unpaired) electrons. The monoisotopic (exact) mass is 605 g/mol. The van der Waals surface area contributed by atoms with Gasteiger partial charge in [0.25, 0.3) is 0 Å². The molecule has 1 fully saturated rings. The smallest absolute Gasteiger partial charge is 0.387 e. The number of para-hydroxylation sites is 1. The van der Waals surface area contributed by atoms with Crippen LogP contribution in [-0.4, -0.2) is 48.6 Å². The van der Waals surface area contributed by atoms with Gasteiger partial charge in [-0.1, -0.05) is 43.7 Å². The van der Waals surface area contributed by atoms with Gasteiger partial charge in [-0.2, -0.15) is 8.78 Å². The molecule has 234 valence electrons. The van der Waals surface area contributed by atoms with E-state index in [9.17, 15) is 13.6 Å². The van der Waals surface area contributed by atoms with E-state index in [0.717, 1.165) is 71.6 Å². The summed E-state index contributed by atoms with van der Waals surface area (Å²) in [6, 6.07) is 6.96. The summed E-state index contributed by atoms with van der Waals surface area (Å²) in [5, 5.41) is 0. The number of nitrogens with zero attached hydrogens (tertiary/aromatic N) is 3. The number of halogens is 2. The fourth-order valence-corrected chi connectivity index (χ4v) is 7.16. The summed E-state index contributed by atoms with van der Waals surface area (Å²) in [6.07, 6.45) is 15.4. The van der Waals surface area contributed by atoms with Gasteiger partial charge in [-0.25, -0.2) is 9.97 Å². The Hall–Kier alpha value is -3.72. The van der Waals surface area contributed by atoms with Crippen LogP contribution >= 0.6 is 0 Å². The van der Waals surface area contributed by atoms with Crippen LogP contribution in [0.25, 0.3) is 5.57 Å². The van der Waals surface area contributed by atoms with Crippen molar-refractivity contribution in [1.82, 2.24) is 9.97 Å². The molecule has 0 bridgehead atoms. The van der Waals surface area contributed by atoms with E-state index in [2.05, 4.69) is 16.9 Å². The minimum Gasteiger partial charge on any atom is -0.469 e. The summed E-state index contributed by atoms with van der Waals surface area (Å²) in [5.74, 6) is 1.42. The van der Waals surface area contributed by atoms with Gasteiger partial charge >= 0.3 is 12.6 Å². The summed E-state index contributed by atoms with van der Waals surface area (Å²) in [6.45, 7) is 1.22. The molecule has 1 aromatic carbocycles. The first-order valence-electron chi connectivity index (χ1n) is 15.5. The number of hydrogen-bond acceptors (Lipinski definition) is 7. The second kappa shape index (κ2) is 14.4. The molecule has 0 spiro atoms. The van der Waals surface area contributed by atoms with Gasteiger partial charge in [0, 0.05) is 55.1 Å². The molecule has 2 heterocycles. The molecule has 0 unspecified atom stereocenters. The average Bonchev–Trinajstić information content (AvgIpc) is 3.74. The topological polar surface area (TPSA) is 82.9 Å². The number of methoxy groups -OCH3 is 2. The Morgan fingerprint density at radius 1 is 1.11 bits per heavy atom. The van der Waals surface area contributed by atoms with Crippen molar-refractivity contribution in [2.24, 2.45) is 22.7 Å². The second-order valence-corrected chi connectivity index (χ2v) is 11.7. The number of aliphatic imine (C=N–C) groups is 1. The fourth-order valence-electron chi connectivity index (χ4n) is 7.16. The number of alkyl halides is 2. The highest BCUT2D eigenvalue weighted by Gasteiger charge is 2.41. The molecule has 2 aliphatic carbocycles. The van der Waals surface area contributed by atoms with Gasteiger partial charge in [0.1, 0.15) is 11.6 Å². The van der Waals surface area contributed by atoms with Crippen molar-refractivity contribution in [3.63, 3.8) is 0 Å². The quantitative estimate of drug-likeness (QED) is 0.184. The molecule has 7 nitrogen and oxygen atoms in total. The van der Waals surface area contributed by atoms with Gasteiger partial charge in [-0.3, -0.25) is 9.79 Å². The maximum absolute atomic E-state index is 13.1. The van der Waals surface area contributed by atoms with Crippen LogP contribution in [0.4, 0.5) is 8.78 Å². The highest BCUT2D eigenvalue weighted by Crippen LogP contribution is 2.48. The van der Waals surface area contributed by atoms with Gasteiger partial charge < -0.3 is 14.2 Å². The predicted molar refractivity (Wildman–Crippen MR) is 165 cm³/mol. The lowest BCUT2D eigenvalue weighted by molar-refractivity contribution is -0.148. The SMILES string of the molecule is C/C=C(\C=C/C1=NC2=C(C1)[C@@H](c1ccccc1OC(F)F)C[C@H]2OC)c1cnc(CC[C@H]2CC[C@@H](CC)[C@@H]2C(=O)OC)nc1. The van der Waals surface area contributed by atoms with E-state index in [0.29, 0.717) is 24.7 Å². The molecule has 1 aliphatic heterocycles. The molecule has 44 heavy (non-hydrogen) atoms. The first-order valence-corrected chi connectivity index (χ1v) is 15.5. The van der Waals surface area contributed by atoms with E-state index in [4.69, 9.17) is 19.2 Å². The van der Waals surface area contributed by atoms with Crippen molar-refractivity contribution in [1.29, 1.82) is 0 Å². The predicted octanol–water partition coefficient (Wildman–Crippen LogP) is 7.50. The summed E-state index contributed by atoms with van der Waals surface area (Å²) in [4.78, 5) is 26.6.